The normalized spacial score (nSPS) is 11.8. The second-order valence-electron chi connectivity index (χ2n) is 5.88. The first-order valence-corrected chi connectivity index (χ1v) is 8.44. The molecule has 0 saturated carbocycles. The molecule has 0 aliphatic rings. The van der Waals surface area contributed by atoms with Gasteiger partial charge in [0.05, 0.1) is 5.69 Å². The summed E-state index contributed by atoms with van der Waals surface area (Å²) in [7, 11) is 0. The summed E-state index contributed by atoms with van der Waals surface area (Å²) in [4.78, 5) is 15.5. The van der Waals surface area contributed by atoms with Crippen molar-refractivity contribution in [2.24, 2.45) is 5.73 Å². The van der Waals surface area contributed by atoms with Gasteiger partial charge in [-0.25, -0.2) is 15.0 Å². The van der Waals surface area contributed by atoms with E-state index >= 15 is 0 Å². The Morgan fingerprint density at radius 2 is 2.15 bits per heavy atom. The molecule has 3 aromatic rings. The molecule has 5 N–H and O–H groups in total. The summed E-state index contributed by atoms with van der Waals surface area (Å²) < 4.78 is 14.5. The zero-order chi connectivity index (χ0) is 18.5. The van der Waals surface area contributed by atoms with Crippen molar-refractivity contribution in [3.05, 3.63) is 59.3 Å². The van der Waals surface area contributed by atoms with Crippen LogP contribution in [-0.2, 0) is 6.42 Å². The van der Waals surface area contributed by atoms with Crippen LogP contribution in [0.3, 0.4) is 0 Å². The van der Waals surface area contributed by atoms with Crippen molar-refractivity contribution in [1.29, 1.82) is 0 Å². The fraction of sp³-hybridized carbons (Fsp3) is 0.278. The van der Waals surface area contributed by atoms with Crippen LogP contribution in [0.4, 0.5) is 10.2 Å². The van der Waals surface area contributed by atoms with Crippen molar-refractivity contribution in [2.45, 2.75) is 20.3 Å². The molecule has 0 aromatic carbocycles. The number of fused-ring (bicyclic) bond motifs is 1. The summed E-state index contributed by atoms with van der Waals surface area (Å²) in [5.74, 6) is -0.0991. The minimum Gasteiger partial charge on any atom is -0.390 e. The van der Waals surface area contributed by atoms with Gasteiger partial charge in [-0.1, -0.05) is 6.07 Å². The van der Waals surface area contributed by atoms with E-state index in [1.807, 2.05) is 20.0 Å². The number of aryl methyl sites for hydroxylation is 1. The van der Waals surface area contributed by atoms with Gasteiger partial charge in [0.1, 0.15) is 17.8 Å². The third kappa shape index (κ3) is 3.80. The minimum atomic E-state index is -0.515. The molecule has 3 aromatic heterocycles. The van der Waals surface area contributed by atoms with Crippen LogP contribution in [0.15, 0.2) is 36.6 Å². The van der Waals surface area contributed by atoms with E-state index in [0.29, 0.717) is 24.3 Å². The number of aromatic amines is 1. The maximum atomic E-state index is 14.5. The fourth-order valence-corrected chi connectivity index (χ4v) is 2.74. The Kier molecular flexibility index (Phi) is 5.43. The van der Waals surface area contributed by atoms with Crippen molar-refractivity contribution in [2.75, 3.05) is 18.4 Å². The van der Waals surface area contributed by atoms with Crippen LogP contribution in [0, 0.1) is 12.9 Å². The second-order valence-corrected chi connectivity index (χ2v) is 5.88. The molecule has 26 heavy (non-hydrogen) atoms. The van der Waals surface area contributed by atoms with Crippen LogP contribution in [-0.4, -0.2) is 33.0 Å². The number of aromatic nitrogens is 4. The van der Waals surface area contributed by atoms with Crippen LogP contribution < -0.4 is 16.4 Å². The van der Waals surface area contributed by atoms with Crippen molar-refractivity contribution in [1.82, 2.24) is 25.3 Å². The summed E-state index contributed by atoms with van der Waals surface area (Å²) in [6.07, 6.45) is 5.52. The van der Waals surface area contributed by atoms with E-state index in [9.17, 15) is 4.39 Å². The van der Waals surface area contributed by atoms with Gasteiger partial charge < -0.3 is 21.4 Å². The lowest BCUT2D eigenvalue weighted by atomic mass is 10.1. The zero-order valence-corrected chi connectivity index (χ0v) is 14.8. The van der Waals surface area contributed by atoms with Gasteiger partial charge in [0.2, 0.25) is 5.95 Å². The third-order valence-corrected chi connectivity index (χ3v) is 4.04. The second kappa shape index (κ2) is 7.92. The molecule has 0 amide bonds. The van der Waals surface area contributed by atoms with Crippen molar-refractivity contribution < 1.29 is 4.39 Å². The van der Waals surface area contributed by atoms with Crippen molar-refractivity contribution in [3.63, 3.8) is 0 Å². The number of halogens is 1. The number of nitrogens with zero attached hydrogens (tertiary/aromatic N) is 3. The molecule has 0 spiro atoms. The van der Waals surface area contributed by atoms with E-state index < -0.39 is 5.95 Å². The van der Waals surface area contributed by atoms with Crippen LogP contribution in [0.5, 0.6) is 0 Å². The van der Waals surface area contributed by atoms with Crippen molar-refractivity contribution >= 4 is 16.9 Å². The number of nitrogens with two attached hydrogens (primary N) is 1. The van der Waals surface area contributed by atoms with E-state index in [1.54, 1.807) is 18.3 Å². The Morgan fingerprint density at radius 3 is 2.88 bits per heavy atom. The number of hydrogen-bond donors (Lipinski definition) is 4. The summed E-state index contributed by atoms with van der Waals surface area (Å²) >= 11 is 0. The number of nitrogens with one attached hydrogen (secondary N) is 3. The molecule has 0 aliphatic carbocycles. The SMILES string of the molecule is CCN/C=C(\CN)Nc1ccc(Cc2c[nH]c3ncnc(C)c23)c(F)n1. The number of anilines is 1. The van der Waals surface area contributed by atoms with Gasteiger partial charge in [-0.2, -0.15) is 4.39 Å². The van der Waals surface area contributed by atoms with E-state index in [0.717, 1.165) is 34.5 Å². The number of hydrogen-bond acceptors (Lipinski definition) is 6. The summed E-state index contributed by atoms with van der Waals surface area (Å²) in [6.45, 7) is 4.97. The summed E-state index contributed by atoms with van der Waals surface area (Å²) in [6, 6.07) is 3.47. The molecular weight excluding hydrogens is 333 g/mol. The first-order valence-electron chi connectivity index (χ1n) is 8.44. The Morgan fingerprint density at radius 1 is 1.31 bits per heavy atom. The highest BCUT2D eigenvalue weighted by atomic mass is 19.1. The Labute approximate surface area is 151 Å². The van der Waals surface area contributed by atoms with Crippen LogP contribution >= 0.6 is 0 Å². The molecule has 8 heteroatoms. The number of H-pyrrole nitrogens is 1. The smallest absolute Gasteiger partial charge is 0.218 e. The van der Waals surface area contributed by atoms with Crippen LogP contribution in [0.2, 0.25) is 0 Å². The molecule has 0 bridgehead atoms. The summed E-state index contributed by atoms with van der Waals surface area (Å²) in [5, 5.41) is 7.01. The largest absolute Gasteiger partial charge is 0.390 e. The van der Waals surface area contributed by atoms with Gasteiger partial charge in [-0.15, -0.1) is 0 Å². The number of rotatable bonds is 7. The van der Waals surface area contributed by atoms with Gasteiger partial charge in [0.15, 0.2) is 0 Å². The molecule has 0 aliphatic heterocycles. The number of pyridine rings is 1. The standard InChI is InChI=1S/C18H22FN7/c1-3-21-9-14(7-20)25-15-5-4-12(17(19)26-15)6-13-8-22-18-16(13)11(2)23-10-24-18/h4-5,8-10,21H,3,6-7,20H2,1-2H3,(H,25,26)(H,22,23,24)/b14-9+. The molecule has 0 atom stereocenters. The molecule has 0 unspecified atom stereocenters. The molecule has 0 fully saturated rings. The zero-order valence-electron chi connectivity index (χ0n) is 14.8. The lowest BCUT2D eigenvalue weighted by Crippen LogP contribution is -2.16. The highest BCUT2D eigenvalue weighted by Gasteiger charge is 2.12. The Hall–Kier alpha value is -3.00. The van der Waals surface area contributed by atoms with E-state index in [1.165, 1.54) is 6.33 Å². The van der Waals surface area contributed by atoms with Gasteiger partial charge in [0, 0.05) is 48.6 Å². The molecular formula is C18H22FN7. The van der Waals surface area contributed by atoms with Crippen LogP contribution in [0.25, 0.3) is 11.0 Å². The average Bonchev–Trinajstić information content (AvgIpc) is 3.05. The summed E-state index contributed by atoms with van der Waals surface area (Å²) in [5.41, 5.74) is 9.47. The Balaban J connectivity index is 1.81. The molecule has 3 heterocycles. The van der Waals surface area contributed by atoms with Gasteiger partial charge >= 0.3 is 0 Å². The predicted octanol–water partition coefficient (Wildman–Crippen LogP) is 2.21. The molecule has 3 rings (SSSR count). The Bertz CT molecular complexity index is 932. The first-order chi connectivity index (χ1) is 12.6. The average molecular weight is 355 g/mol. The maximum absolute atomic E-state index is 14.5. The highest BCUT2D eigenvalue weighted by Crippen LogP contribution is 2.23. The van der Waals surface area contributed by atoms with Gasteiger partial charge in [-0.05, 0) is 25.5 Å². The topological polar surface area (TPSA) is 105 Å². The van der Waals surface area contributed by atoms with E-state index in [-0.39, 0.29) is 0 Å². The highest BCUT2D eigenvalue weighted by molar-refractivity contribution is 5.82. The quantitative estimate of drug-likeness (QED) is 0.485. The maximum Gasteiger partial charge on any atom is 0.218 e. The fourth-order valence-electron chi connectivity index (χ4n) is 2.74. The monoisotopic (exact) mass is 355 g/mol. The molecule has 0 radical (unpaired) electrons. The lowest BCUT2D eigenvalue weighted by molar-refractivity contribution is 0.572. The van der Waals surface area contributed by atoms with Gasteiger partial charge in [-0.3, -0.25) is 0 Å². The molecule has 136 valence electrons. The van der Waals surface area contributed by atoms with Crippen LogP contribution in [0.1, 0.15) is 23.7 Å². The minimum absolute atomic E-state index is 0.298. The predicted molar refractivity (Wildman–Crippen MR) is 100 cm³/mol. The molecule has 7 nitrogen and oxygen atoms in total. The van der Waals surface area contributed by atoms with Crippen molar-refractivity contribution in [3.8, 4) is 0 Å². The third-order valence-electron chi connectivity index (χ3n) is 4.04. The first kappa shape index (κ1) is 17.8. The van der Waals surface area contributed by atoms with Gasteiger partial charge in [0.25, 0.3) is 0 Å². The lowest BCUT2D eigenvalue weighted by Gasteiger charge is -2.10. The van der Waals surface area contributed by atoms with E-state index in [2.05, 4.69) is 30.6 Å². The van der Waals surface area contributed by atoms with E-state index in [4.69, 9.17) is 5.73 Å². The molecule has 0 saturated heterocycles.